The van der Waals surface area contributed by atoms with Crippen molar-refractivity contribution in [3.8, 4) is 0 Å². The number of nitrogens with zero attached hydrogens (tertiary/aromatic N) is 1. The van der Waals surface area contributed by atoms with Crippen molar-refractivity contribution in [2.75, 3.05) is 4.90 Å². The lowest BCUT2D eigenvalue weighted by Gasteiger charge is -2.28. The van der Waals surface area contributed by atoms with E-state index in [1.54, 1.807) is 17.0 Å². The van der Waals surface area contributed by atoms with Gasteiger partial charge in [0.1, 0.15) is 10.7 Å². The summed E-state index contributed by atoms with van der Waals surface area (Å²) in [5.74, 6) is -0.192. The molecule has 1 aliphatic carbocycles. The molecule has 0 radical (unpaired) electrons. The Labute approximate surface area is 172 Å². The second-order valence-electron chi connectivity index (χ2n) is 7.20. The van der Waals surface area contributed by atoms with Crippen LogP contribution in [0, 0.1) is 0 Å². The molecule has 2 heterocycles. The summed E-state index contributed by atoms with van der Waals surface area (Å²) >= 11 is 12.1. The topological polar surface area (TPSA) is 91.2 Å². The Morgan fingerprint density at radius 2 is 1.89 bits per heavy atom. The molecule has 2 aromatic rings. The van der Waals surface area contributed by atoms with E-state index < -0.39 is 11.6 Å². The molecule has 0 saturated heterocycles. The number of carbonyl (C=O) groups excluding carboxylic acids is 1. The fourth-order valence-corrected chi connectivity index (χ4v) is 3.81. The number of halogens is 2. The van der Waals surface area contributed by atoms with Crippen molar-refractivity contribution in [3.63, 3.8) is 0 Å². The van der Waals surface area contributed by atoms with Gasteiger partial charge in [-0.05, 0) is 43.5 Å². The van der Waals surface area contributed by atoms with E-state index in [9.17, 15) is 9.59 Å². The fraction of sp³-hybridized carbons (Fsp3) is 0.300. The fourth-order valence-electron chi connectivity index (χ4n) is 3.52. The average molecular weight is 419 g/mol. The van der Waals surface area contributed by atoms with Gasteiger partial charge in [-0.25, -0.2) is 0 Å². The Morgan fingerprint density at radius 3 is 2.46 bits per heavy atom. The number of nitrogens with two attached hydrogens (primary N) is 1. The van der Waals surface area contributed by atoms with Crippen molar-refractivity contribution in [2.45, 2.75) is 37.9 Å². The van der Waals surface area contributed by atoms with E-state index in [4.69, 9.17) is 28.9 Å². The zero-order valence-electron chi connectivity index (χ0n) is 15.2. The molecule has 4 rings (SSSR count). The van der Waals surface area contributed by atoms with E-state index in [0.29, 0.717) is 16.4 Å². The molecule has 1 fully saturated rings. The van der Waals surface area contributed by atoms with Crippen LogP contribution in [0.15, 0.2) is 52.6 Å². The van der Waals surface area contributed by atoms with Crippen molar-refractivity contribution in [3.05, 3.63) is 73.8 Å². The van der Waals surface area contributed by atoms with E-state index in [1.807, 2.05) is 19.1 Å². The van der Waals surface area contributed by atoms with Crippen LogP contribution in [0.25, 0.3) is 0 Å². The molecule has 4 N–H and O–H groups in total. The molecule has 1 saturated carbocycles. The summed E-state index contributed by atoms with van der Waals surface area (Å²) < 4.78 is 0. The van der Waals surface area contributed by atoms with Crippen LogP contribution in [0.5, 0.6) is 0 Å². The third-order valence-corrected chi connectivity index (χ3v) is 5.53. The van der Waals surface area contributed by atoms with Gasteiger partial charge in [-0.15, -0.1) is 0 Å². The molecule has 0 bridgehead atoms. The number of H-pyrrole nitrogens is 1. The summed E-state index contributed by atoms with van der Waals surface area (Å²) in [6, 6.07) is 8.33. The van der Waals surface area contributed by atoms with E-state index in [1.165, 1.54) is 12.3 Å². The van der Waals surface area contributed by atoms with Crippen LogP contribution in [-0.2, 0) is 4.79 Å². The normalized spacial score (nSPS) is 20.6. The smallest absolute Gasteiger partial charge is 0.275 e. The summed E-state index contributed by atoms with van der Waals surface area (Å²) in [6.07, 6.45) is 3.55. The molecule has 2 unspecified atom stereocenters. The van der Waals surface area contributed by atoms with Crippen molar-refractivity contribution in [1.82, 2.24) is 10.3 Å². The second kappa shape index (κ2) is 7.28. The number of hydrogen-bond acceptors (Lipinski definition) is 4. The number of rotatable bonds is 5. The van der Waals surface area contributed by atoms with Crippen LogP contribution in [-0.4, -0.2) is 23.0 Å². The molecule has 1 aliphatic heterocycles. The van der Waals surface area contributed by atoms with Gasteiger partial charge in [0.05, 0.1) is 11.7 Å². The van der Waals surface area contributed by atoms with Crippen LogP contribution in [0.2, 0.25) is 10.0 Å². The van der Waals surface area contributed by atoms with Gasteiger partial charge in [-0.3, -0.25) is 14.5 Å². The zero-order chi connectivity index (χ0) is 20.0. The highest BCUT2D eigenvalue weighted by atomic mass is 35.5. The Balaban J connectivity index is 1.87. The molecule has 28 heavy (non-hydrogen) atoms. The summed E-state index contributed by atoms with van der Waals surface area (Å²) in [6.45, 7) is 1.86. The first-order valence-corrected chi connectivity index (χ1v) is 9.86. The molecular weight excluding hydrogens is 399 g/mol. The lowest BCUT2D eigenvalue weighted by atomic mass is 9.94. The quantitative estimate of drug-likeness (QED) is 0.695. The van der Waals surface area contributed by atoms with Crippen LogP contribution in [0.3, 0.4) is 0 Å². The predicted octanol–water partition coefficient (Wildman–Crippen LogP) is 3.12. The Bertz CT molecular complexity index is 1010. The molecule has 8 heteroatoms. The van der Waals surface area contributed by atoms with Crippen LogP contribution >= 0.6 is 23.2 Å². The number of hydrogen-bond donors (Lipinski definition) is 3. The first-order chi connectivity index (χ1) is 13.4. The second-order valence-corrected chi connectivity index (χ2v) is 8.05. The largest absolute Gasteiger partial charge is 0.378 e. The van der Waals surface area contributed by atoms with Crippen LogP contribution in [0.1, 0.15) is 31.4 Å². The first-order valence-electron chi connectivity index (χ1n) is 9.10. The van der Waals surface area contributed by atoms with Crippen molar-refractivity contribution in [1.29, 1.82) is 0 Å². The summed E-state index contributed by atoms with van der Waals surface area (Å²) in [5.41, 5.74) is 8.62. The number of anilines is 1. The molecule has 1 aromatic heterocycles. The third-order valence-electron chi connectivity index (χ3n) is 5.00. The minimum absolute atomic E-state index is 0.0195. The predicted molar refractivity (Wildman–Crippen MR) is 111 cm³/mol. The summed E-state index contributed by atoms with van der Waals surface area (Å²) in [5, 5.41) is 3.97. The van der Waals surface area contributed by atoms with Gasteiger partial charge in [-0.2, -0.15) is 0 Å². The van der Waals surface area contributed by atoms with Gasteiger partial charge in [0, 0.05) is 28.9 Å². The number of amides is 1. The van der Waals surface area contributed by atoms with Crippen molar-refractivity contribution in [2.24, 2.45) is 5.73 Å². The highest BCUT2D eigenvalue weighted by Crippen LogP contribution is 2.42. The van der Waals surface area contributed by atoms with Crippen molar-refractivity contribution >= 4 is 34.8 Å². The minimum Gasteiger partial charge on any atom is -0.378 e. The van der Waals surface area contributed by atoms with E-state index >= 15 is 0 Å². The molecule has 6 nitrogen and oxygen atoms in total. The maximum absolute atomic E-state index is 13.4. The summed E-state index contributed by atoms with van der Waals surface area (Å²) in [4.78, 5) is 29.3. The summed E-state index contributed by atoms with van der Waals surface area (Å²) in [7, 11) is 0. The van der Waals surface area contributed by atoms with Gasteiger partial charge in [-0.1, -0.05) is 35.3 Å². The monoisotopic (exact) mass is 418 g/mol. The lowest BCUT2D eigenvalue weighted by molar-refractivity contribution is -0.115. The van der Waals surface area contributed by atoms with Gasteiger partial charge >= 0.3 is 0 Å². The number of pyridine rings is 1. The van der Waals surface area contributed by atoms with Gasteiger partial charge < -0.3 is 16.0 Å². The molecule has 1 aromatic carbocycles. The van der Waals surface area contributed by atoms with E-state index in [-0.39, 0.29) is 23.0 Å². The first kappa shape index (κ1) is 19.1. The Hall–Kier alpha value is -2.28. The van der Waals surface area contributed by atoms with Gasteiger partial charge in [0.2, 0.25) is 0 Å². The lowest BCUT2D eigenvalue weighted by Crippen LogP contribution is -2.34. The van der Waals surface area contributed by atoms with Crippen LogP contribution in [0.4, 0.5) is 5.69 Å². The zero-order valence-corrected chi connectivity index (χ0v) is 16.7. The Kier molecular flexibility index (Phi) is 4.95. The molecule has 0 spiro atoms. The van der Waals surface area contributed by atoms with Crippen LogP contribution < -0.4 is 21.5 Å². The SMILES string of the molecule is CC(N)C1=C(NC2CC2)C(=O)N(c2c[nH]c(=O)c(Cl)c2)C1c1ccc(Cl)cc1. The van der Waals surface area contributed by atoms with E-state index in [0.717, 1.165) is 24.0 Å². The maximum Gasteiger partial charge on any atom is 0.275 e. The molecule has 146 valence electrons. The highest BCUT2D eigenvalue weighted by Gasteiger charge is 2.44. The van der Waals surface area contributed by atoms with Gasteiger partial charge in [0.15, 0.2) is 0 Å². The average Bonchev–Trinajstić information content (AvgIpc) is 3.42. The number of aromatic amines is 1. The molecule has 1 amide bonds. The highest BCUT2D eigenvalue weighted by molar-refractivity contribution is 6.31. The third kappa shape index (κ3) is 3.43. The molecule has 2 aliphatic rings. The number of benzene rings is 1. The maximum atomic E-state index is 13.4. The standard InChI is InChI=1S/C20H20Cl2N4O2/c1-10(23)16-17(25-13-6-7-13)20(28)26(14-8-15(22)19(27)24-9-14)18(16)11-2-4-12(21)5-3-11/h2-5,8-10,13,18,25H,6-7,23H2,1H3,(H,24,27). The minimum atomic E-state index is -0.423. The number of aromatic nitrogens is 1. The molecule has 2 atom stereocenters. The molecular formula is C20H20Cl2N4O2. The number of carbonyl (C=O) groups is 1. The van der Waals surface area contributed by atoms with Gasteiger partial charge in [0.25, 0.3) is 11.5 Å². The van der Waals surface area contributed by atoms with E-state index in [2.05, 4.69) is 10.3 Å². The van der Waals surface area contributed by atoms with Crippen molar-refractivity contribution < 1.29 is 4.79 Å². The number of nitrogens with one attached hydrogen (secondary N) is 2. The Morgan fingerprint density at radius 1 is 1.21 bits per heavy atom.